The summed E-state index contributed by atoms with van der Waals surface area (Å²) in [5, 5.41) is 0.910. The Morgan fingerprint density at radius 2 is 2.30 bits per heavy atom. The van der Waals surface area contributed by atoms with Crippen molar-refractivity contribution in [2.45, 2.75) is 39.2 Å². The molecule has 1 aromatic carbocycles. The molecule has 1 N–H and O–H groups in total. The molecule has 0 unspecified atom stereocenters. The van der Waals surface area contributed by atoms with Gasteiger partial charge in [-0.05, 0) is 24.6 Å². The first kappa shape index (κ1) is 13.2. The molecule has 0 saturated heterocycles. The van der Waals surface area contributed by atoms with E-state index in [1.807, 2.05) is 4.90 Å². The Balaban J connectivity index is 1.88. The highest BCUT2D eigenvalue weighted by Gasteiger charge is 2.23. The van der Waals surface area contributed by atoms with Crippen LogP contribution in [0.25, 0.3) is 10.9 Å². The topological polar surface area (TPSA) is 36.1 Å². The lowest BCUT2D eigenvalue weighted by Crippen LogP contribution is -2.35. The zero-order valence-electron chi connectivity index (χ0n) is 11.7. The normalized spacial score (nSPS) is 14.6. The summed E-state index contributed by atoms with van der Waals surface area (Å²) in [5.74, 6) is -0.0167. The van der Waals surface area contributed by atoms with Gasteiger partial charge in [0.05, 0.1) is 0 Å². The number of carbonyl (C=O) groups is 1. The molecule has 1 aliphatic rings. The Morgan fingerprint density at radius 3 is 3.10 bits per heavy atom. The predicted molar refractivity (Wildman–Crippen MR) is 76.9 cm³/mol. The molecule has 106 valence electrons. The van der Waals surface area contributed by atoms with Crippen molar-refractivity contribution in [3.05, 3.63) is 35.3 Å². The molecule has 1 aliphatic heterocycles. The predicted octanol–water partition coefficient (Wildman–Crippen LogP) is 3.38. The van der Waals surface area contributed by atoms with Crippen molar-refractivity contribution in [2.24, 2.45) is 0 Å². The molecule has 3 rings (SSSR count). The number of nitrogens with one attached hydrogen (secondary N) is 1. The van der Waals surface area contributed by atoms with E-state index in [0.29, 0.717) is 13.0 Å². The number of amides is 1. The molecule has 0 atom stereocenters. The molecule has 2 aromatic rings. The van der Waals surface area contributed by atoms with Gasteiger partial charge in [-0.2, -0.15) is 0 Å². The monoisotopic (exact) mass is 274 g/mol. The van der Waals surface area contributed by atoms with E-state index in [0.717, 1.165) is 48.0 Å². The minimum atomic E-state index is -0.228. The molecule has 20 heavy (non-hydrogen) atoms. The summed E-state index contributed by atoms with van der Waals surface area (Å²) >= 11 is 0. The van der Waals surface area contributed by atoms with E-state index in [-0.39, 0.29) is 11.7 Å². The second kappa shape index (κ2) is 5.27. The minimum absolute atomic E-state index is 0.211. The van der Waals surface area contributed by atoms with E-state index < -0.39 is 0 Å². The van der Waals surface area contributed by atoms with Gasteiger partial charge >= 0.3 is 0 Å². The van der Waals surface area contributed by atoms with Crippen LogP contribution in [0.3, 0.4) is 0 Å². The van der Waals surface area contributed by atoms with Crippen LogP contribution in [-0.2, 0) is 17.8 Å². The SMILES string of the molecule is CCCCC(=O)N1CCc2[nH]c3ccc(F)cc3c2C1. The van der Waals surface area contributed by atoms with Crippen molar-refractivity contribution in [1.29, 1.82) is 0 Å². The Hall–Kier alpha value is -1.84. The summed E-state index contributed by atoms with van der Waals surface area (Å²) in [7, 11) is 0. The number of nitrogens with zero attached hydrogens (tertiary/aromatic N) is 1. The average molecular weight is 274 g/mol. The lowest BCUT2D eigenvalue weighted by atomic mass is 10.0. The molecule has 2 heterocycles. The maximum absolute atomic E-state index is 13.4. The van der Waals surface area contributed by atoms with Gasteiger partial charge in [0.1, 0.15) is 5.82 Å². The Labute approximate surface area is 117 Å². The van der Waals surface area contributed by atoms with Crippen LogP contribution < -0.4 is 0 Å². The average Bonchev–Trinajstić information content (AvgIpc) is 2.82. The van der Waals surface area contributed by atoms with Crippen LogP contribution in [-0.4, -0.2) is 22.3 Å². The van der Waals surface area contributed by atoms with Crippen molar-refractivity contribution in [3.63, 3.8) is 0 Å². The number of carbonyl (C=O) groups excluding carboxylic acids is 1. The maximum Gasteiger partial charge on any atom is 0.222 e. The Morgan fingerprint density at radius 1 is 1.45 bits per heavy atom. The third kappa shape index (κ3) is 2.30. The number of aromatic nitrogens is 1. The highest BCUT2D eigenvalue weighted by Crippen LogP contribution is 2.28. The van der Waals surface area contributed by atoms with E-state index in [1.54, 1.807) is 12.1 Å². The van der Waals surface area contributed by atoms with Crippen LogP contribution in [0.15, 0.2) is 18.2 Å². The molecule has 0 fully saturated rings. The van der Waals surface area contributed by atoms with Gasteiger partial charge in [0.15, 0.2) is 0 Å². The van der Waals surface area contributed by atoms with Crippen LogP contribution in [0.5, 0.6) is 0 Å². The van der Waals surface area contributed by atoms with Crippen molar-refractivity contribution in [2.75, 3.05) is 6.54 Å². The lowest BCUT2D eigenvalue weighted by molar-refractivity contribution is -0.132. The fourth-order valence-corrected chi connectivity index (χ4v) is 2.89. The number of fused-ring (bicyclic) bond motifs is 3. The number of rotatable bonds is 3. The van der Waals surface area contributed by atoms with Gasteiger partial charge in [-0.1, -0.05) is 13.3 Å². The number of aromatic amines is 1. The van der Waals surface area contributed by atoms with Gasteiger partial charge in [0, 0.05) is 48.1 Å². The quantitative estimate of drug-likeness (QED) is 0.915. The zero-order chi connectivity index (χ0) is 14.1. The van der Waals surface area contributed by atoms with Crippen LogP contribution in [0.2, 0.25) is 0 Å². The van der Waals surface area contributed by atoms with Crippen molar-refractivity contribution in [3.8, 4) is 0 Å². The van der Waals surface area contributed by atoms with E-state index in [2.05, 4.69) is 11.9 Å². The van der Waals surface area contributed by atoms with Gasteiger partial charge < -0.3 is 9.88 Å². The molecular weight excluding hydrogens is 255 g/mol. The summed E-state index contributed by atoms with van der Waals surface area (Å²) in [4.78, 5) is 17.4. The number of hydrogen-bond donors (Lipinski definition) is 1. The highest BCUT2D eigenvalue weighted by molar-refractivity contribution is 5.86. The second-order valence-corrected chi connectivity index (χ2v) is 5.44. The maximum atomic E-state index is 13.4. The fourth-order valence-electron chi connectivity index (χ4n) is 2.89. The Kier molecular flexibility index (Phi) is 3.47. The standard InChI is InChI=1S/C16H19FN2O/c1-2-3-4-16(20)19-8-7-15-13(10-19)12-9-11(17)5-6-14(12)18-15/h5-6,9,18H,2-4,7-8,10H2,1H3. The van der Waals surface area contributed by atoms with Gasteiger partial charge in [-0.3, -0.25) is 4.79 Å². The van der Waals surface area contributed by atoms with Crippen LogP contribution in [0.4, 0.5) is 4.39 Å². The van der Waals surface area contributed by atoms with Crippen molar-refractivity contribution in [1.82, 2.24) is 9.88 Å². The van der Waals surface area contributed by atoms with Crippen molar-refractivity contribution >= 4 is 16.8 Å². The van der Waals surface area contributed by atoms with E-state index >= 15 is 0 Å². The van der Waals surface area contributed by atoms with Crippen LogP contribution in [0, 0.1) is 5.82 Å². The number of H-pyrrole nitrogens is 1. The Bertz CT molecular complexity index is 647. The highest BCUT2D eigenvalue weighted by atomic mass is 19.1. The molecule has 1 amide bonds. The number of halogens is 1. The van der Waals surface area contributed by atoms with Gasteiger partial charge in [-0.15, -0.1) is 0 Å². The van der Waals surface area contributed by atoms with Gasteiger partial charge in [-0.25, -0.2) is 4.39 Å². The number of unbranched alkanes of at least 4 members (excludes halogenated alkanes) is 1. The molecule has 0 saturated carbocycles. The smallest absolute Gasteiger partial charge is 0.222 e. The number of hydrogen-bond acceptors (Lipinski definition) is 1. The first-order valence-corrected chi connectivity index (χ1v) is 7.25. The molecule has 3 nitrogen and oxygen atoms in total. The summed E-state index contributed by atoms with van der Waals surface area (Å²) in [6.45, 7) is 3.44. The third-order valence-electron chi connectivity index (χ3n) is 4.03. The summed E-state index contributed by atoms with van der Waals surface area (Å²) in [6.07, 6.45) is 3.40. The lowest BCUT2D eigenvalue weighted by Gasteiger charge is -2.27. The summed E-state index contributed by atoms with van der Waals surface area (Å²) in [5.41, 5.74) is 3.18. The number of benzene rings is 1. The molecule has 0 aliphatic carbocycles. The third-order valence-corrected chi connectivity index (χ3v) is 4.03. The molecule has 0 radical (unpaired) electrons. The first-order valence-electron chi connectivity index (χ1n) is 7.25. The molecule has 4 heteroatoms. The van der Waals surface area contributed by atoms with Gasteiger partial charge in [0.25, 0.3) is 0 Å². The molecule has 0 spiro atoms. The van der Waals surface area contributed by atoms with Gasteiger partial charge in [0.2, 0.25) is 5.91 Å². The zero-order valence-corrected chi connectivity index (χ0v) is 11.7. The van der Waals surface area contributed by atoms with E-state index in [1.165, 1.54) is 6.07 Å². The molecule has 0 bridgehead atoms. The van der Waals surface area contributed by atoms with Crippen LogP contribution >= 0.6 is 0 Å². The largest absolute Gasteiger partial charge is 0.358 e. The summed E-state index contributed by atoms with van der Waals surface area (Å²) in [6, 6.07) is 4.80. The van der Waals surface area contributed by atoms with Crippen LogP contribution in [0.1, 0.15) is 37.4 Å². The molecular formula is C16H19FN2O. The van der Waals surface area contributed by atoms with E-state index in [9.17, 15) is 9.18 Å². The summed E-state index contributed by atoms with van der Waals surface area (Å²) < 4.78 is 13.4. The minimum Gasteiger partial charge on any atom is -0.358 e. The van der Waals surface area contributed by atoms with E-state index in [4.69, 9.17) is 0 Å². The van der Waals surface area contributed by atoms with Crippen molar-refractivity contribution < 1.29 is 9.18 Å². The fraction of sp³-hybridized carbons (Fsp3) is 0.438. The first-order chi connectivity index (χ1) is 9.69. The molecule has 1 aromatic heterocycles. The second-order valence-electron chi connectivity index (χ2n) is 5.44.